The first-order valence-corrected chi connectivity index (χ1v) is 12.1. The van der Waals surface area contributed by atoms with Crippen LogP contribution in [0.2, 0.25) is 0 Å². The van der Waals surface area contributed by atoms with Gasteiger partial charge in [-0.05, 0) is 32.2 Å². The van der Waals surface area contributed by atoms with Gasteiger partial charge in [0.25, 0.3) is 0 Å². The van der Waals surface area contributed by atoms with Crippen LogP contribution in [0.15, 0.2) is 71.2 Å². The lowest BCUT2D eigenvalue weighted by molar-refractivity contribution is -0.120. The number of nitrogens with zero attached hydrogens (tertiary/aromatic N) is 3. The molecule has 1 amide bonds. The number of hydrogen-bond acceptors (Lipinski definition) is 6. The van der Waals surface area contributed by atoms with E-state index in [2.05, 4.69) is 53.6 Å². The van der Waals surface area contributed by atoms with Crippen LogP contribution in [0, 0.1) is 13.8 Å². The molecule has 0 bridgehead atoms. The summed E-state index contributed by atoms with van der Waals surface area (Å²) in [5, 5.41) is 14.0. The fourth-order valence-electron chi connectivity index (χ4n) is 3.12. The molecule has 5 nitrogen and oxygen atoms in total. The smallest absolute Gasteiger partial charge is 0.233 e. The van der Waals surface area contributed by atoms with Crippen LogP contribution in [0.25, 0.3) is 22.5 Å². The third kappa shape index (κ3) is 5.41. The minimum atomic E-state index is -0.340. The highest BCUT2D eigenvalue weighted by molar-refractivity contribution is 8.00. The number of hydrogen-bond donors (Lipinski definition) is 1. The zero-order valence-electron chi connectivity index (χ0n) is 18.2. The van der Waals surface area contributed by atoms with Gasteiger partial charge in [0.15, 0.2) is 0 Å². The van der Waals surface area contributed by atoms with Crippen LogP contribution in [-0.2, 0) is 11.3 Å². The lowest BCUT2D eigenvalue weighted by atomic mass is 10.0. The zero-order chi connectivity index (χ0) is 22.5. The van der Waals surface area contributed by atoms with Crippen molar-refractivity contribution in [2.24, 2.45) is 0 Å². The van der Waals surface area contributed by atoms with Gasteiger partial charge in [-0.3, -0.25) is 4.79 Å². The summed E-state index contributed by atoms with van der Waals surface area (Å²) in [6, 6.07) is 20.4. The summed E-state index contributed by atoms with van der Waals surface area (Å²) in [6.07, 6.45) is 0. The summed E-state index contributed by atoms with van der Waals surface area (Å²) in [5.41, 5.74) is 5.78. The molecule has 4 aromatic rings. The summed E-state index contributed by atoms with van der Waals surface area (Å²) in [4.78, 5) is 18.5. The summed E-state index contributed by atoms with van der Waals surface area (Å²) in [7, 11) is 0. The second-order valence-electron chi connectivity index (χ2n) is 7.58. The molecule has 0 saturated carbocycles. The second-order valence-corrected chi connectivity index (χ2v) is 9.92. The van der Waals surface area contributed by atoms with E-state index in [0.717, 1.165) is 27.4 Å². The van der Waals surface area contributed by atoms with Crippen LogP contribution in [0.3, 0.4) is 0 Å². The number of carbonyl (C=O) groups excluding carboxylic acids is 1. The van der Waals surface area contributed by atoms with Crippen molar-refractivity contribution in [1.82, 2.24) is 20.5 Å². The zero-order valence-corrected chi connectivity index (χ0v) is 19.8. The number of aryl methyl sites for hydroxylation is 2. The van der Waals surface area contributed by atoms with Gasteiger partial charge in [-0.25, -0.2) is 4.98 Å². The molecule has 32 heavy (non-hydrogen) atoms. The van der Waals surface area contributed by atoms with Gasteiger partial charge in [0.1, 0.15) is 11.4 Å². The van der Waals surface area contributed by atoms with Crippen LogP contribution in [-0.4, -0.2) is 26.3 Å². The lowest BCUT2D eigenvalue weighted by Crippen LogP contribution is -2.30. The second kappa shape index (κ2) is 10.1. The first-order chi connectivity index (χ1) is 15.5. The van der Waals surface area contributed by atoms with Crippen molar-refractivity contribution in [3.05, 3.63) is 82.0 Å². The Hall–Kier alpha value is -3.03. The van der Waals surface area contributed by atoms with Gasteiger partial charge in [-0.2, -0.15) is 0 Å². The topological polar surface area (TPSA) is 67.8 Å². The van der Waals surface area contributed by atoms with Crippen molar-refractivity contribution >= 4 is 29.0 Å². The normalized spacial score (nSPS) is 11.8. The van der Waals surface area contributed by atoms with Crippen molar-refractivity contribution in [2.75, 3.05) is 0 Å². The highest BCUT2D eigenvalue weighted by atomic mass is 32.2. The third-order valence-corrected chi connectivity index (χ3v) is 6.81. The Kier molecular flexibility index (Phi) is 6.97. The number of thioether (sulfide) groups is 1. The molecule has 1 atom stereocenters. The van der Waals surface area contributed by atoms with E-state index in [1.807, 2.05) is 48.7 Å². The number of carbonyl (C=O) groups is 1. The predicted molar refractivity (Wildman–Crippen MR) is 132 cm³/mol. The van der Waals surface area contributed by atoms with E-state index >= 15 is 0 Å². The van der Waals surface area contributed by atoms with Crippen molar-refractivity contribution in [3.63, 3.8) is 0 Å². The molecule has 2 heterocycles. The fraction of sp³-hybridized carbons (Fsp3) is 0.200. The first kappa shape index (κ1) is 22.2. The Labute approximate surface area is 196 Å². The molecule has 0 aliphatic carbocycles. The van der Waals surface area contributed by atoms with Gasteiger partial charge >= 0.3 is 0 Å². The maximum Gasteiger partial charge on any atom is 0.233 e. The number of nitrogens with one attached hydrogen (secondary N) is 1. The molecular formula is C25H24N4OS2. The highest BCUT2D eigenvalue weighted by Gasteiger charge is 2.19. The molecule has 1 unspecified atom stereocenters. The van der Waals surface area contributed by atoms with Crippen LogP contribution in [0.1, 0.15) is 22.9 Å². The third-order valence-electron chi connectivity index (χ3n) is 4.99. The molecule has 2 aromatic heterocycles. The average Bonchev–Trinajstić information content (AvgIpc) is 3.32. The first-order valence-electron chi connectivity index (χ1n) is 10.3. The largest absolute Gasteiger partial charge is 0.350 e. The van der Waals surface area contributed by atoms with E-state index in [-0.39, 0.29) is 11.2 Å². The quantitative estimate of drug-likeness (QED) is 0.359. The van der Waals surface area contributed by atoms with Crippen LogP contribution in [0.5, 0.6) is 0 Å². The molecule has 1 N–H and O–H groups in total. The molecule has 162 valence electrons. The van der Waals surface area contributed by atoms with Gasteiger partial charge in [-0.15, -0.1) is 21.5 Å². The molecule has 0 fully saturated rings. The molecule has 0 radical (unpaired) electrons. The monoisotopic (exact) mass is 460 g/mol. The van der Waals surface area contributed by atoms with Gasteiger partial charge in [-0.1, -0.05) is 77.5 Å². The number of thiophene rings is 1. The van der Waals surface area contributed by atoms with E-state index < -0.39 is 0 Å². The fourth-order valence-corrected chi connectivity index (χ4v) is 4.51. The lowest BCUT2D eigenvalue weighted by Gasteiger charge is -2.13. The van der Waals surface area contributed by atoms with Crippen molar-refractivity contribution in [3.8, 4) is 22.5 Å². The minimum absolute atomic E-state index is 0.0495. The SMILES string of the molecule is Cc1ccc(-c2nnc(SC(C)C(=O)NCc3cccs3)nc2-c2ccc(C)cc2)cc1. The summed E-state index contributed by atoms with van der Waals surface area (Å²) < 4.78 is 0. The van der Waals surface area contributed by atoms with Crippen molar-refractivity contribution in [1.29, 1.82) is 0 Å². The number of aromatic nitrogens is 3. The van der Waals surface area contributed by atoms with Gasteiger partial charge in [0.2, 0.25) is 11.1 Å². The molecule has 7 heteroatoms. The maximum absolute atomic E-state index is 12.6. The Morgan fingerprint density at radius 2 is 1.56 bits per heavy atom. The van der Waals surface area contributed by atoms with Gasteiger partial charge < -0.3 is 5.32 Å². The summed E-state index contributed by atoms with van der Waals surface area (Å²) in [5.74, 6) is -0.0495. The van der Waals surface area contributed by atoms with E-state index in [0.29, 0.717) is 11.7 Å². The van der Waals surface area contributed by atoms with Crippen molar-refractivity contribution < 1.29 is 4.79 Å². The Balaban J connectivity index is 1.59. The number of rotatable bonds is 7. The molecule has 0 saturated heterocycles. The number of amides is 1. The highest BCUT2D eigenvalue weighted by Crippen LogP contribution is 2.31. The van der Waals surface area contributed by atoms with E-state index in [9.17, 15) is 4.79 Å². The molecule has 0 aliphatic heterocycles. The maximum atomic E-state index is 12.6. The predicted octanol–water partition coefficient (Wildman–Crippen LogP) is 5.68. The molecular weight excluding hydrogens is 436 g/mol. The Bertz CT molecular complexity index is 1190. The molecule has 0 spiro atoms. The summed E-state index contributed by atoms with van der Waals surface area (Å²) in [6.45, 7) is 6.50. The van der Waals surface area contributed by atoms with Gasteiger partial charge in [0.05, 0.1) is 11.8 Å². The van der Waals surface area contributed by atoms with E-state index in [1.165, 1.54) is 22.9 Å². The Morgan fingerprint density at radius 1 is 0.938 bits per heavy atom. The van der Waals surface area contributed by atoms with Crippen molar-refractivity contribution in [2.45, 2.75) is 37.7 Å². The van der Waals surface area contributed by atoms with E-state index in [4.69, 9.17) is 4.98 Å². The van der Waals surface area contributed by atoms with Crippen LogP contribution in [0.4, 0.5) is 0 Å². The minimum Gasteiger partial charge on any atom is -0.350 e. The molecule has 2 aromatic carbocycles. The standard InChI is InChI=1S/C25H24N4OS2/c1-16-6-10-19(11-7-16)22-23(20-12-8-17(2)9-13-20)28-29-25(27-22)32-18(3)24(30)26-15-21-5-4-14-31-21/h4-14,18H,15H2,1-3H3,(H,26,30). The number of benzene rings is 2. The van der Waals surface area contributed by atoms with Crippen LogP contribution >= 0.6 is 23.1 Å². The summed E-state index contributed by atoms with van der Waals surface area (Å²) >= 11 is 2.94. The van der Waals surface area contributed by atoms with Gasteiger partial charge in [0, 0.05) is 16.0 Å². The van der Waals surface area contributed by atoms with E-state index in [1.54, 1.807) is 11.3 Å². The molecule has 0 aliphatic rings. The van der Waals surface area contributed by atoms with Crippen LogP contribution < -0.4 is 5.32 Å². The molecule has 4 rings (SSSR count). The average molecular weight is 461 g/mol. The Morgan fingerprint density at radius 3 is 2.16 bits per heavy atom.